The standard InChI is InChI=1S/C25H47NO6.ClH/c1-26(2,3)21-22(20-24(29)30)32-25(31)19-17-15-13-11-9-7-5-4-6-8-10-12-14-16-18-23(27)28;/h22H,4-21H2,1-3H3,(H-,27,28,29,30);1H/t22-;/m1./s1. The summed E-state index contributed by atoms with van der Waals surface area (Å²) in [7, 11) is 5.86. The lowest BCUT2D eigenvalue weighted by Crippen LogP contribution is -3.00. The van der Waals surface area contributed by atoms with Crippen molar-refractivity contribution in [1.29, 1.82) is 0 Å². The number of carbonyl (C=O) groups excluding carboxylic acids is 1. The lowest BCUT2D eigenvalue weighted by Gasteiger charge is -2.28. The van der Waals surface area contributed by atoms with E-state index in [0.29, 0.717) is 23.9 Å². The number of quaternary nitrogens is 1. The van der Waals surface area contributed by atoms with E-state index in [2.05, 4.69) is 0 Å². The molecule has 0 rings (SSSR count). The van der Waals surface area contributed by atoms with Gasteiger partial charge in [0.1, 0.15) is 6.54 Å². The minimum atomic E-state index is -0.941. The van der Waals surface area contributed by atoms with Crippen LogP contribution in [0.2, 0.25) is 0 Å². The number of unbranched alkanes of at least 4 members (excludes halogenated alkanes) is 13. The third-order valence-corrected chi connectivity index (χ3v) is 5.47. The zero-order valence-electron chi connectivity index (χ0n) is 21.2. The van der Waals surface area contributed by atoms with Gasteiger partial charge in [0.2, 0.25) is 0 Å². The number of rotatable bonds is 22. The number of nitrogens with zero attached hydrogens (tertiary/aromatic N) is 1. The van der Waals surface area contributed by atoms with E-state index < -0.39 is 18.0 Å². The van der Waals surface area contributed by atoms with Crippen molar-refractivity contribution in [3.05, 3.63) is 0 Å². The summed E-state index contributed by atoms with van der Waals surface area (Å²) in [6.45, 7) is 0.491. The van der Waals surface area contributed by atoms with E-state index in [4.69, 9.17) is 14.9 Å². The number of carboxylic acids is 2. The number of esters is 1. The van der Waals surface area contributed by atoms with Gasteiger partial charge in [-0.25, -0.2) is 0 Å². The highest BCUT2D eigenvalue weighted by atomic mass is 35.5. The highest BCUT2D eigenvalue weighted by Crippen LogP contribution is 2.14. The second-order valence-electron chi connectivity index (χ2n) is 10.0. The van der Waals surface area contributed by atoms with Crippen LogP contribution < -0.4 is 12.4 Å². The molecule has 7 nitrogen and oxygen atoms in total. The molecule has 0 fully saturated rings. The van der Waals surface area contributed by atoms with E-state index >= 15 is 0 Å². The topological polar surface area (TPSA) is 101 Å². The minimum Gasteiger partial charge on any atom is -1.00 e. The van der Waals surface area contributed by atoms with Gasteiger partial charge in [0.25, 0.3) is 0 Å². The number of ether oxygens (including phenoxy) is 1. The largest absolute Gasteiger partial charge is 1.00 e. The lowest BCUT2D eigenvalue weighted by molar-refractivity contribution is -0.873. The quantitative estimate of drug-likeness (QED) is 0.136. The molecule has 1 atom stereocenters. The van der Waals surface area contributed by atoms with E-state index in [1.165, 1.54) is 51.4 Å². The Kier molecular flexibility index (Phi) is 21.7. The van der Waals surface area contributed by atoms with Crippen LogP contribution in [0.25, 0.3) is 0 Å². The summed E-state index contributed by atoms with van der Waals surface area (Å²) in [5.41, 5.74) is 0. The molecule has 196 valence electrons. The maximum atomic E-state index is 12.0. The summed E-state index contributed by atoms with van der Waals surface area (Å²) < 4.78 is 5.96. The molecule has 0 heterocycles. The monoisotopic (exact) mass is 493 g/mol. The number of likely N-dealkylation sites (N-methyl/N-ethyl adjacent to an activating group) is 1. The molecule has 0 saturated heterocycles. The molecule has 0 amide bonds. The Morgan fingerprint density at radius 2 is 1.00 bits per heavy atom. The van der Waals surface area contributed by atoms with Crippen molar-refractivity contribution in [2.45, 2.75) is 115 Å². The minimum absolute atomic E-state index is 0. The molecule has 0 unspecified atom stereocenters. The van der Waals surface area contributed by atoms with Crippen molar-refractivity contribution < 1.29 is 46.2 Å². The third-order valence-electron chi connectivity index (χ3n) is 5.47. The van der Waals surface area contributed by atoms with Crippen molar-refractivity contribution >= 4 is 17.9 Å². The van der Waals surface area contributed by atoms with Crippen LogP contribution in [0, 0.1) is 0 Å². The molecular weight excluding hydrogens is 446 g/mol. The highest BCUT2D eigenvalue weighted by molar-refractivity contribution is 5.71. The number of carboxylic acid groups (broad SMARTS) is 2. The summed E-state index contributed by atoms with van der Waals surface area (Å²) in [6, 6.07) is 0. The summed E-state index contributed by atoms with van der Waals surface area (Å²) in [6.07, 6.45) is 15.9. The van der Waals surface area contributed by atoms with Gasteiger partial charge in [-0.05, 0) is 12.8 Å². The van der Waals surface area contributed by atoms with Gasteiger partial charge in [-0.15, -0.1) is 0 Å². The number of carbonyl (C=O) groups is 3. The molecule has 8 heteroatoms. The van der Waals surface area contributed by atoms with Crippen molar-refractivity contribution in [3.63, 3.8) is 0 Å². The average molecular weight is 494 g/mol. The molecule has 0 aliphatic rings. The molecule has 33 heavy (non-hydrogen) atoms. The lowest BCUT2D eigenvalue weighted by atomic mass is 10.0. The van der Waals surface area contributed by atoms with Crippen LogP contribution in [0.5, 0.6) is 0 Å². The summed E-state index contributed by atoms with van der Waals surface area (Å²) in [4.78, 5) is 33.5. The fourth-order valence-electron chi connectivity index (χ4n) is 3.86. The first-order valence-corrected chi connectivity index (χ1v) is 12.5. The maximum Gasteiger partial charge on any atom is 0.307 e. The first-order chi connectivity index (χ1) is 15.1. The van der Waals surface area contributed by atoms with Crippen LogP contribution in [-0.4, -0.2) is 66.4 Å². The molecule has 2 N–H and O–H groups in total. The Morgan fingerprint density at radius 3 is 1.33 bits per heavy atom. The van der Waals surface area contributed by atoms with E-state index in [-0.39, 0.29) is 24.8 Å². The molecule has 0 bridgehead atoms. The average Bonchev–Trinajstić information content (AvgIpc) is 2.65. The fraction of sp³-hybridized carbons (Fsp3) is 0.880. The van der Waals surface area contributed by atoms with E-state index in [0.717, 1.165) is 38.5 Å². The predicted molar refractivity (Wildman–Crippen MR) is 127 cm³/mol. The van der Waals surface area contributed by atoms with Crippen LogP contribution in [0.15, 0.2) is 0 Å². The normalized spacial score (nSPS) is 12.1. The van der Waals surface area contributed by atoms with Crippen LogP contribution in [0.3, 0.4) is 0 Å². The van der Waals surface area contributed by atoms with Gasteiger partial charge in [-0.2, -0.15) is 0 Å². The van der Waals surface area contributed by atoms with Gasteiger partial charge in [-0.1, -0.05) is 77.0 Å². The molecule has 0 aromatic heterocycles. The molecule has 0 saturated carbocycles. The van der Waals surface area contributed by atoms with Crippen LogP contribution >= 0.6 is 0 Å². The smallest absolute Gasteiger partial charge is 0.307 e. The Bertz CT molecular complexity index is 522. The first-order valence-electron chi connectivity index (χ1n) is 12.5. The van der Waals surface area contributed by atoms with Gasteiger partial charge in [0.15, 0.2) is 6.10 Å². The van der Waals surface area contributed by atoms with Gasteiger partial charge in [-0.3, -0.25) is 14.4 Å². The third kappa shape index (κ3) is 26.8. The predicted octanol–water partition coefficient (Wildman–Crippen LogP) is 2.41. The van der Waals surface area contributed by atoms with Crippen molar-refractivity contribution in [2.24, 2.45) is 0 Å². The SMILES string of the molecule is C[N+](C)(C)C[C@@H](CC(=O)O)OC(=O)CCCCCCCCCCCCCCCCC(=O)O.[Cl-]. The fourth-order valence-corrected chi connectivity index (χ4v) is 3.86. The van der Waals surface area contributed by atoms with E-state index in [1.54, 1.807) is 0 Å². The molecular formula is C25H48ClNO6. The highest BCUT2D eigenvalue weighted by Gasteiger charge is 2.24. The van der Waals surface area contributed by atoms with Crippen LogP contribution in [-0.2, 0) is 19.1 Å². The zero-order valence-corrected chi connectivity index (χ0v) is 21.9. The molecule has 0 aliphatic carbocycles. The van der Waals surface area contributed by atoms with E-state index in [1.807, 2.05) is 21.1 Å². The molecule has 0 aliphatic heterocycles. The maximum absolute atomic E-state index is 12.0. The number of halogens is 1. The van der Waals surface area contributed by atoms with Crippen molar-refractivity contribution in [1.82, 2.24) is 0 Å². The van der Waals surface area contributed by atoms with Gasteiger partial charge >= 0.3 is 17.9 Å². The van der Waals surface area contributed by atoms with Crippen molar-refractivity contribution in [3.8, 4) is 0 Å². The van der Waals surface area contributed by atoms with Crippen molar-refractivity contribution in [2.75, 3.05) is 27.7 Å². The molecule has 0 aromatic carbocycles. The number of aliphatic carboxylic acids is 2. The molecule has 0 aromatic rings. The summed E-state index contributed by atoms with van der Waals surface area (Å²) in [5.74, 6) is -1.92. The number of hydrogen-bond acceptors (Lipinski definition) is 4. The zero-order chi connectivity index (χ0) is 24.2. The van der Waals surface area contributed by atoms with E-state index in [9.17, 15) is 14.4 Å². The second kappa shape index (κ2) is 21.2. The first kappa shape index (κ1) is 33.8. The Balaban J connectivity index is 0. The second-order valence-corrected chi connectivity index (χ2v) is 10.0. The summed E-state index contributed by atoms with van der Waals surface area (Å²) >= 11 is 0. The van der Waals surface area contributed by atoms with Gasteiger partial charge in [0.05, 0.1) is 27.6 Å². The molecule has 0 spiro atoms. The van der Waals surface area contributed by atoms with Crippen LogP contribution in [0.4, 0.5) is 0 Å². The number of hydrogen-bond donors (Lipinski definition) is 2. The Morgan fingerprint density at radius 1 is 0.636 bits per heavy atom. The van der Waals surface area contributed by atoms with Crippen LogP contribution in [0.1, 0.15) is 109 Å². The summed E-state index contributed by atoms with van der Waals surface area (Å²) in [5, 5.41) is 17.6. The van der Waals surface area contributed by atoms with Gasteiger partial charge < -0.3 is 31.8 Å². The van der Waals surface area contributed by atoms with Gasteiger partial charge in [0, 0.05) is 12.8 Å². The Hall–Kier alpha value is -1.34. The Labute approximate surface area is 207 Å². The molecule has 0 radical (unpaired) electrons.